The molecule has 0 amide bonds. The Morgan fingerprint density at radius 2 is 2.11 bits per heavy atom. The van der Waals surface area contributed by atoms with Gasteiger partial charge in [-0.05, 0) is 13.0 Å². The van der Waals surface area contributed by atoms with E-state index in [1.807, 2.05) is 0 Å². The standard InChI is InChI=1S/C11H13Cl2NO4/c1-2-18-9(16)5-7(15)10(17)6-3-4-8(12)14-11(6)13/h3-4,7,10,15,17H,2,5H2,1H3. The van der Waals surface area contributed by atoms with Crippen molar-refractivity contribution in [2.24, 2.45) is 0 Å². The minimum Gasteiger partial charge on any atom is -0.466 e. The summed E-state index contributed by atoms with van der Waals surface area (Å²) < 4.78 is 4.67. The number of ether oxygens (including phenoxy) is 1. The lowest BCUT2D eigenvalue weighted by atomic mass is 10.0. The molecule has 0 aliphatic rings. The smallest absolute Gasteiger partial charge is 0.308 e. The first-order valence-corrected chi connectivity index (χ1v) is 6.05. The van der Waals surface area contributed by atoms with Gasteiger partial charge in [-0.3, -0.25) is 4.79 Å². The van der Waals surface area contributed by atoms with E-state index in [0.29, 0.717) is 0 Å². The SMILES string of the molecule is CCOC(=O)CC(O)C(O)c1ccc(Cl)nc1Cl. The first-order valence-electron chi connectivity index (χ1n) is 5.29. The third-order valence-electron chi connectivity index (χ3n) is 2.21. The lowest BCUT2D eigenvalue weighted by Crippen LogP contribution is -2.23. The van der Waals surface area contributed by atoms with E-state index in [9.17, 15) is 15.0 Å². The molecule has 0 saturated heterocycles. The van der Waals surface area contributed by atoms with Crippen LogP contribution in [0, 0.1) is 0 Å². The zero-order chi connectivity index (χ0) is 13.7. The number of rotatable bonds is 5. The van der Waals surface area contributed by atoms with E-state index in [4.69, 9.17) is 23.2 Å². The first kappa shape index (κ1) is 15.2. The summed E-state index contributed by atoms with van der Waals surface area (Å²) in [7, 11) is 0. The van der Waals surface area contributed by atoms with Gasteiger partial charge in [0.15, 0.2) is 0 Å². The fourth-order valence-corrected chi connectivity index (χ4v) is 1.81. The summed E-state index contributed by atoms with van der Waals surface area (Å²) in [4.78, 5) is 14.9. The number of carbonyl (C=O) groups is 1. The first-order chi connectivity index (χ1) is 8.45. The zero-order valence-electron chi connectivity index (χ0n) is 9.64. The third kappa shape index (κ3) is 4.10. The van der Waals surface area contributed by atoms with Crippen LogP contribution in [-0.2, 0) is 9.53 Å². The summed E-state index contributed by atoms with van der Waals surface area (Å²) in [6.45, 7) is 1.87. The van der Waals surface area contributed by atoms with Gasteiger partial charge >= 0.3 is 5.97 Å². The van der Waals surface area contributed by atoms with E-state index >= 15 is 0 Å². The van der Waals surface area contributed by atoms with Crippen LogP contribution in [0.3, 0.4) is 0 Å². The summed E-state index contributed by atoms with van der Waals surface area (Å²) >= 11 is 11.4. The Hall–Kier alpha value is -0.880. The van der Waals surface area contributed by atoms with Crippen molar-refractivity contribution >= 4 is 29.2 Å². The van der Waals surface area contributed by atoms with Crippen LogP contribution < -0.4 is 0 Å². The van der Waals surface area contributed by atoms with Gasteiger partial charge in [0.1, 0.15) is 16.4 Å². The van der Waals surface area contributed by atoms with Crippen molar-refractivity contribution in [3.63, 3.8) is 0 Å². The Bertz CT molecular complexity index is 428. The summed E-state index contributed by atoms with van der Waals surface area (Å²) in [5.41, 5.74) is 0.206. The van der Waals surface area contributed by atoms with Crippen LogP contribution in [0.2, 0.25) is 10.3 Å². The molecule has 1 aromatic rings. The summed E-state index contributed by atoms with van der Waals surface area (Å²) in [6.07, 6.45) is -2.97. The molecule has 1 aromatic heterocycles. The molecule has 100 valence electrons. The number of hydrogen-bond donors (Lipinski definition) is 2. The van der Waals surface area contributed by atoms with Gasteiger partial charge in [-0.15, -0.1) is 0 Å². The number of nitrogens with zero attached hydrogens (tertiary/aromatic N) is 1. The number of aliphatic hydroxyl groups is 2. The van der Waals surface area contributed by atoms with Crippen molar-refractivity contribution in [2.45, 2.75) is 25.6 Å². The lowest BCUT2D eigenvalue weighted by molar-refractivity contribution is -0.147. The minimum absolute atomic E-state index is 0.0158. The maximum Gasteiger partial charge on any atom is 0.308 e. The second-order valence-corrected chi connectivity index (χ2v) is 4.28. The maximum absolute atomic E-state index is 11.2. The molecule has 2 N–H and O–H groups in total. The number of aromatic nitrogens is 1. The molecule has 0 fully saturated rings. The highest BCUT2D eigenvalue weighted by atomic mass is 35.5. The minimum atomic E-state index is -1.33. The number of hydrogen-bond acceptors (Lipinski definition) is 5. The van der Waals surface area contributed by atoms with Crippen LogP contribution in [0.1, 0.15) is 25.0 Å². The molecule has 0 aromatic carbocycles. The fourth-order valence-electron chi connectivity index (χ4n) is 1.35. The van der Waals surface area contributed by atoms with Crippen molar-refractivity contribution in [3.8, 4) is 0 Å². The van der Waals surface area contributed by atoms with Gasteiger partial charge < -0.3 is 14.9 Å². The Morgan fingerprint density at radius 3 is 2.67 bits per heavy atom. The van der Waals surface area contributed by atoms with Gasteiger partial charge in [-0.1, -0.05) is 29.3 Å². The summed E-state index contributed by atoms with van der Waals surface area (Å²) in [5.74, 6) is -0.595. The molecule has 0 saturated carbocycles. The van der Waals surface area contributed by atoms with Crippen LogP contribution in [0.4, 0.5) is 0 Å². The third-order valence-corrected chi connectivity index (χ3v) is 2.72. The molecule has 0 aliphatic heterocycles. The number of pyridine rings is 1. The highest BCUT2D eigenvalue weighted by molar-refractivity contribution is 6.32. The zero-order valence-corrected chi connectivity index (χ0v) is 11.1. The van der Waals surface area contributed by atoms with Crippen molar-refractivity contribution in [1.82, 2.24) is 4.98 Å². The van der Waals surface area contributed by atoms with Gasteiger partial charge in [0.25, 0.3) is 0 Å². The molecule has 2 atom stereocenters. The summed E-state index contributed by atoms with van der Waals surface area (Å²) in [5, 5.41) is 19.7. The van der Waals surface area contributed by atoms with E-state index in [2.05, 4.69) is 9.72 Å². The van der Waals surface area contributed by atoms with E-state index in [1.165, 1.54) is 12.1 Å². The average molecular weight is 294 g/mol. The van der Waals surface area contributed by atoms with Crippen molar-refractivity contribution in [2.75, 3.05) is 6.61 Å². The highest BCUT2D eigenvalue weighted by Crippen LogP contribution is 2.26. The Morgan fingerprint density at radius 1 is 1.44 bits per heavy atom. The second kappa shape index (κ2) is 6.89. The van der Waals surface area contributed by atoms with Crippen LogP contribution in [0.15, 0.2) is 12.1 Å². The van der Waals surface area contributed by atoms with Gasteiger partial charge in [0.05, 0.1) is 19.1 Å². The Kier molecular flexibility index (Phi) is 5.81. The largest absolute Gasteiger partial charge is 0.466 e. The molecule has 5 nitrogen and oxygen atoms in total. The topological polar surface area (TPSA) is 79.7 Å². The van der Waals surface area contributed by atoms with Gasteiger partial charge in [-0.25, -0.2) is 4.98 Å². The van der Waals surface area contributed by atoms with Gasteiger partial charge in [0.2, 0.25) is 0 Å². The average Bonchev–Trinajstić information content (AvgIpc) is 2.28. The van der Waals surface area contributed by atoms with Crippen molar-refractivity contribution in [1.29, 1.82) is 0 Å². The molecule has 0 bridgehead atoms. The lowest BCUT2D eigenvalue weighted by Gasteiger charge is -2.18. The molecule has 0 aliphatic carbocycles. The molecule has 18 heavy (non-hydrogen) atoms. The molecule has 1 heterocycles. The van der Waals surface area contributed by atoms with Crippen molar-refractivity contribution in [3.05, 3.63) is 28.0 Å². The highest BCUT2D eigenvalue weighted by Gasteiger charge is 2.24. The predicted octanol–water partition coefficient (Wildman–Crippen LogP) is 1.74. The predicted molar refractivity (Wildman–Crippen MR) is 66.5 cm³/mol. The van der Waals surface area contributed by atoms with Crippen molar-refractivity contribution < 1.29 is 19.7 Å². The molecule has 2 unspecified atom stereocenters. The van der Waals surface area contributed by atoms with Crippen LogP contribution in [-0.4, -0.2) is 33.9 Å². The van der Waals surface area contributed by atoms with E-state index in [0.717, 1.165) is 0 Å². The summed E-state index contributed by atoms with van der Waals surface area (Å²) in [6, 6.07) is 2.87. The molecular formula is C11H13Cl2NO4. The fraction of sp³-hybridized carbons (Fsp3) is 0.455. The number of aliphatic hydroxyl groups excluding tert-OH is 2. The van der Waals surface area contributed by atoms with Crippen LogP contribution >= 0.6 is 23.2 Å². The van der Waals surface area contributed by atoms with Gasteiger partial charge in [0, 0.05) is 5.56 Å². The monoisotopic (exact) mass is 293 g/mol. The molecule has 1 rings (SSSR count). The quantitative estimate of drug-likeness (QED) is 0.638. The number of halogens is 2. The normalized spacial score (nSPS) is 14.1. The van der Waals surface area contributed by atoms with E-state index < -0.39 is 18.2 Å². The Balaban J connectivity index is 2.73. The second-order valence-electron chi connectivity index (χ2n) is 3.54. The maximum atomic E-state index is 11.2. The molecule has 0 radical (unpaired) electrons. The number of carbonyl (C=O) groups excluding carboxylic acids is 1. The molecule has 7 heteroatoms. The molecular weight excluding hydrogens is 281 g/mol. The number of esters is 1. The Labute approximate surface area is 114 Å². The van der Waals surface area contributed by atoms with E-state index in [-0.39, 0.29) is 28.9 Å². The van der Waals surface area contributed by atoms with Crippen LogP contribution in [0.5, 0.6) is 0 Å². The van der Waals surface area contributed by atoms with Gasteiger partial charge in [-0.2, -0.15) is 0 Å². The van der Waals surface area contributed by atoms with E-state index in [1.54, 1.807) is 6.92 Å². The van der Waals surface area contributed by atoms with Crippen LogP contribution in [0.25, 0.3) is 0 Å². The molecule has 0 spiro atoms.